The fourth-order valence-corrected chi connectivity index (χ4v) is 2.82. The van der Waals surface area contributed by atoms with Crippen LogP contribution in [0.3, 0.4) is 0 Å². The molecular weight excluding hydrogens is 320 g/mol. The Morgan fingerprint density at radius 3 is 2.16 bits per heavy atom. The molecule has 0 aliphatic rings. The number of rotatable bonds is 5. The highest BCUT2D eigenvalue weighted by Crippen LogP contribution is 2.40. The zero-order valence-electron chi connectivity index (χ0n) is 14.6. The number of anilines is 2. The summed E-state index contributed by atoms with van der Waals surface area (Å²) in [5, 5.41) is 4.13. The Morgan fingerprint density at radius 1 is 0.920 bits per heavy atom. The van der Waals surface area contributed by atoms with Gasteiger partial charge in [0, 0.05) is 30.3 Å². The van der Waals surface area contributed by atoms with E-state index in [9.17, 15) is 4.79 Å². The van der Waals surface area contributed by atoms with Crippen LogP contribution < -0.4 is 25.1 Å². The molecular formula is C19H20N2O4. The number of nitrogens with zero attached hydrogens (tertiary/aromatic N) is 1. The fourth-order valence-electron chi connectivity index (χ4n) is 2.82. The summed E-state index contributed by atoms with van der Waals surface area (Å²) in [5.41, 5.74) is 1.90. The molecule has 0 fully saturated rings. The van der Waals surface area contributed by atoms with Crippen LogP contribution in [0.2, 0.25) is 0 Å². The van der Waals surface area contributed by atoms with E-state index in [-0.39, 0.29) is 5.56 Å². The molecule has 25 heavy (non-hydrogen) atoms. The van der Waals surface area contributed by atoms with Crippen molar-refractivity contribution in [2.24, 2.45) is 7.05 Å². The van der Waals surface area contributed by atoms with Gasteiger partial charge < -0.3 is 24.1 Å². The fraction of sp³-hybridized carbons (Fsp3) is 0.211. The van der Waals surface area contributed by atoms with Crippen LogP contribution in [0.15, 0.2) is 47.3 Å². The molecule has 0 saturated carbocycles. The van der Waals surface area contributed by atoms with Gasteiger partial charge in [-0.1, -0.05) is 18.2 Å². The molecule has 3 aromatic rings. The highest BCUT2D eigenvalue weighted by molar-refractivity contribution is 5.83. The highest BCUT2D eigenvalue weighted by Gasteiger charge is 2.14. The Labute approximate surface area is 145 Å². The van der Waals surface area contributed by atoms with Gasteiger partial charge in [-0.3, -0.25) is 4.79 Å². The number of para-hydroxylation sites is 1. The van der Waals surface area contributed by atoms with Crippen molar-refractivity contribution in [1.29, 1.82) is 0 Å². The third-order valence-electron chi connectivity index (χ3n) is 4.08. The van der Waals surface area contributed by atoms with Crippen LogP contribution in [-0.4, -0.2) is 25.9 Å². The molecule has 130 valence electrons. The van der Waals surface area contributed by atoms with Crippen LogP contribution in [0.1, 0.15) is 0 Å². The van der Waals surface area contributed by atoms with Gasteiger partial charge in [0.25, 0.3) is 5.56 Å². The lowest BCUT2D eigenvalue weighted by atomic mass is 10.2. The normalized spacial score (nSPS) is 10.6. The van der Waals surface area contributed by atoms with E-state index < -0.39 is 0 Å². The predicted octanol–water partition coefficient (Wildman–Crippen LogP) is 3.31. The summed E-state index contributed by atoms with van der Waals surface area (Å²) < 4.78 is 17.6. The lowest BCUT2D eigenvalue weighted by Crippen LogP contribution is -2.20. The molecule has 0 amide bonds. The minimum atomic E-state index is -0.118. The topological polar surface area (TPSA) is 61.7 Å². The number of nitrogens with one attached hydrogen (secondary N) is 1. The van der Waals surface area contributed by atoms with Crippen LogP contribution >= 0.6 is 0 Å². The van der Waals surface area contributed by atoms with E-state index >= 15 is 0 Å². The maximum Gasteiger partial charge on any atom is 0.274 e. The van der Waals surface area contributed by atoms with Gasteiger partial charge in [-0.2, -0.15) is 0 Å². The van der Waals surface area contributed by atoms with Crippen molar-refractivity contribution in [3.05, 3.63) is 52.8 Å². The maximum atomic E-state index is 12.6. The number of aromatic nitrogens is 1. The second kappa shape index (κ2) is 6.76. The molecule has 6 nitrogen and oxygen atoms in total. The van der Waals surface area contributed by atoms with Gasteiger partial charge in [0.1, 0.15) is 5.69 Å². The summed E-state index contributed by atoms with van der Waals surface area (Å²) in [5.74, 6) is 1.53. The standard InChI is InChI=1S/C19H20N2O4/c1-21-15-8-6-5-7-12(15)9-14(19(21)22)20-13-10-16(23-2)18(25-4)17(11-13)24-3/h5-11,20H,1-4H3. The summed E-state index contributed by atoms with van der Waals surface area (Å²) in [6, 6.07) is 13.1. The van der Waals surface area contributed by atoms with Gasteiger partial charge in [-0.15, -0.1) is 0 Å². The molecule has 1 heterocycles. The van der Waals surface area contributed by atoms with E-state index in [4.69, 9.17) is 14.2 Å². The molecule has 1 aromatic heterocycles. The summed E-state index contributed by atoms with van der Waals surface area (Å²) in [6.07, 6.45) is 0. The number of pyridine rings is 1. The van der Waals surface area contributed by atoms with E-state index in [1.165, 1.54) is 0 Å². The van der Waals surface area contributed by atoms with Gasteiger partial charge >= 0.3 is 0 Å². The molecule has 0 bridgehead atoms. The van der Waals surface area contributed by atoms with E-state index in [1.807, 2.05) is 30.3 Å². The Morgan fingerprint density at radius 2 is 1.56 bits per heavy atom. The molecule has 0 radical (unpaired) electrons. The van der Waals surface area contributed by atoms with Crippen molar-refractivity contribution in [2.45, 2.75) is 0 Å². The van der Waals surface area contributed by atoms with Crippen LogP contribution in [0, 0.1) is 0 Å². The van der Waals surface area contributed by atoms with Gasteiger partial charge in [-0.05, 0) is 12.1 Å². The van der Waals surface area contributed by atoms with Crippen LogP contribution in [-0.2, 0) is 7.05 Å². The Hall–Kier alpha value is -3.15. The molecule has 0 aliphatic carbocycles. The molecule has 0 saturated heterocycles. The minimum absolute atomic E-state index is 0.118. The first-order valence-electron chi connectivity index (χ1n) is 7.75. The smallest absolute Gasteiger partial charge is 0.274 e. The van der Waals surface area contributed by atoms with Crippen LogP contribution in [0.25, 0.3) is 10.9 Å². The van der Waals surface area contributed by atoms with Gasteiger partial charge in [0.05, 0.1) is 26.8 Å². The van der Waals surface area contributed by atoms with Crippen molar-refractivity contribution in [3.63, 3.8) is 0 Å². The summed E-state index contributed by atoms with van der Waals surface area (Å²) >= 11 is 0. The third kappa shape index (κ3) is 2.98. The van der Waals surface area contributed by atoms with Crippen LogP contribution in [0.4, 0.5) is 11.4 Å². The highest BCUT2D eigenvalue weighted by atomic mass is 16.5. The lowest BCUT2D eigenvalue weighted by molar-refractivity contribution is 0.324. The zero-order chi connectivity index (χ0) is 18.0. The van der Waals surface area contributed by atoms with Gasteiger partial charge in [0.2, 0.25) is 5.75 Å². The molecule has 1 N–H and O–H groups in total. The predicted molar refractivity (Wildman–Crippen MR) is 98.6 cm³/mol. The van der Waals surface area contributed by atoms with E-state index in [0.29, 0.717) is 28.6 Å². The largest absolute Gasteiger partial charge is 0.493 e. The van der Waals surface area contributed by atoms with Crippen molar-refractivity contribution in [3.8, 4) is 17.2 Å². The van der Waals surface area contributed by atoms with Gasteiger partial charge in [0.15, 0.2) is 11.5 Å². The summed E-state index contributed by atoms with van der Waals surface area (Å²) in [6.45, 7) is 0. The van der Waals surface area contributed by atoms with E-state index in [1.54, 1.807) is 45.1 Å². The molecule has 3 rings (SSSR count). The Kier molecular flexibility index (Phi) is 4.52. The average Bonchev–Trinajstić information content (AvgIpc) is 2.65. The number of fused-ring (bicyclic) bond motifs is 1. The summed E-state index contributed by atoms with van der Waals surface area (Å²) in [7, 11) is 6.41. The maximum absolute atomic E-state index is 12.6. The Bertz CT molecular complexity index is 954. The number of aryl methyl sites for hydroxylation is 1. The quantitative estimate of drug-likeness (QED) is 0.772. The van der Waals surface area contributed by atoms with Crippen molar-refractivity contribution in [2.75, 3.05) is 26.6 Å². The second-order valence-electron chi connectivity index (χ2n) is 5.52. The molecule has 6 heteroatoms. The third-order valence-corrected chi connectivity index (χ3v) is 4.08. The average molecular weight is 340 g/mol. The SMILES string of the molecule is COc1cc(Nc2cc3ccccc3n(C)c2=O)cc(OC)c1OC. The number of methoxy groups -OCH3 is 3. The zero-order valence-corrected chi connectivity index (χ0v) is 14.6. The lowest BCUT2D eigenvalue weighted by Gasteiger charge is -2.15. The number of ether oxygens (including phenoxy) is 3. The van der Waals surface area contributed by atoms with Gasteiger partial charge in [-0.25, -0.2) is 0 Å². The Balaban J connectivity index is 2.10. The van der Waals surface area contributed by atoms with E-state index in [0.717, 1.165) is 10.9 Å². The van der Waals surface area contributed by atoms with Crippen molar-refractivity contribution in [1.82, 2.24) is 4.57 Å². The van der Waals surface area contributed by atoms with E-state index in [2.05, 4.69) is 5.32 Å². The summed E-state index contributed by atoms with van der Waals surface area (Å²) in [4.78, 5) is 12.6. The molecule has 2 aromatic carbocycles. The number of hydrogen-bond donors (Lipinski definition) is 1. The molecule has 0 unspecified atom stereocenters. The van der Waals surface area contributed by atoms with Crippen LogP contribution in [0.5, 0.6) is 17.2 Å². The first-order valence-corrected chi connectivity index (χ1v) is 7.75. The first kappa shape index (κ1) is 16.7. The number of hydrogen-bond acceptors (Lipinski definition) is 5. The first-order chi connectivity index (χ1) is 12.1. The van der Waals surface area contributed by atoms with Crippen molar-refractivity contribution >= 4 is 22.3 Å². The second-order valence-corrected chi connectivity index (χ2v) is 5.52. The minimum Gasteiger partial charge on any atom is -0.493 e. The molecule has 0 aliphatic heterocycles. The monoisotopic (exact) mass is 340 g/mol. The molecule has 0 atom stereocenters. The molecule has 0 spiro atoms. The number of benzene rings is 2. The van der Waals surface area contributed by atoms with Crippen molar-refractivity contribution < 1.29 is 14.2 Å².